The summed E-state index contributed by atoms with van der Waals surface area (Å²) in [5.41, 5.74) is 4.92. The summed E-state index contributed by atoms with van der Waals surface area (Å²) in [7, 11) is 5.74. The summed E-state index contributed by atoms with van der Waals surface area (Å²) in [5.74, 6) is -1.03. The second-order valence-electron chi connectivity index (χ2n) is 7.10. The monoisotopic (exact) mass is 410 g/mol. The second kappa shape index (κ2) is 9.03. The molecule has 0 fully saturated rings. The summed E-state index contributed by atoms with van der Waals surface area (Å²) < 4.78 is 20.9. The van der Waals surface area contributed by atoms with E-state index in [0.29, 0.717) is 11.5 Å². The summed E-state index contributed by atoms with van der Waals surface area (Å²) in [4.78, 5) is 24.6. The molecular formula is C24H26O6. The predicted octanol–water partition coefficient (Wildman–Crippen LogP) is 3.98. The van der Waals surface area contributed by atoms with Gasteiger partial charge in [0.05, 0.1) is 28.4 Å². The first-order valence-electron chi connectivity index (χ1n) is 9.63. The molecule has 1 unspecified atom stereocenters. The van der Waals surface area contributed by atoms with Crippen LogP contribution in [0.25, 0.3) is 5.57 Å². The first-order valence-corrected chi connectivity index (χ1v) is 9.63. The Kier molecular flexibility index (Phi) is 6.45. The molecule has 158 valence electrons. The maximum absolute atomic E-state index is 12.3. The number of rotatable bonds is 7. The van der Waals surface area contributed by atoms with Gasteiger partial charge in [-0.25, -0.2) is 0 Å². The van der Waals surface area contributed by atoms with Crippen molar-refractivity contribution in [3.8, 4) is 11.5 Å². The SMILES string of the molecule is COC(=O)C(CC1=C(C)C(c2ccccc2)c2c(OC)cc(OC)cc21)C(=O)OC. The third kappa shape index (κ3) is 3.77. The van der Waals surface area contributed by atoms with Gasteiger partial charge in [-0.15, -0.1) is 0 Å². The van der Waals surface area contributed by atoms with Crippen molar-refractivity contribution in [1.82, 2.24) is 0 Å². The Morgan fingerprint density at radius 1 is 0.933 bits per heavy atom. The molecule has 1 atom stereocenters. The molecule has 30 heavy (non-hydrogen) atoms. The maximum Gasteiger partial charge on any atom is 0.320 e. The molecular weight excluding hydrogens is 384 g/mol. The van der Waals surface area contributed by atoms with Gasteiger partial charge in [0.25, 0.3) is 0 Å². The largest absolute Gasteiger partial charge is 0.497 e. The molecule has 1 aliphatic rings. The number of allylic oxidation sites excluding steroid dienone is 2. The van der Waals surface area contributed by atoms with Crippen LogP contribution in [0.4, 0.5) is 0 Å². The van der Waals surface area contributed by atoms with Crippen LogP contribution in [-0.4, -0.2) is 40.4 Å². The zero-order valence-electron chi connectivity index (χ0n) is 17.9. The Morgan fingerprint density at radius 3 is 2.10 bits per heavy atom. The van der Waals surface area contributed by atoms with Crippen molar-refractivity contribution in [2.45, 2.75) is 19.3 Å². The Morgan fingerprint density at radius 2 is 1.57 bits per heavy atom. The number of fused-ring (bicyclic) bond motifs is 1. The molecule has 0 spiro atoms. The lowest BCUT2D eigenvalue weighted by Crippen LogP contribution is -2.26. The number of ether oxygens (including phenoxy) is 4. The van der Waals surface area contributed by atoms with Gasteiger partial charge in [0.1, 0.15) is 11.5 Å². The minimum absolute atomic E-state index is 0.0620. The normalized spacial score (nSPS) is 15.1. The van der Waals surface area contributed by atoms with Crippen LogP contribution in [0.15, 0.2) is 48.0 Å². The highest BCUT2D eigenvalue weighted by Crippen LogP contribution is 2.52. The van der Waals surface area contributed by atoms with Crippen LogP contribution in [0.2, 0.25) is 0 Å². The molecule has 0 saturated heterocycles. The van der Waals surface area contributed by atoms with E-state index in [0.717, 1.165) is 27.8 Å². The Labute approximate surface area is 176 Å². The van der Waals surface area contributed by atoms with Crippen molar-refractivity contribution in [2.75, 3.05) is 28.4 Å². The highest BCUT2D eigenvalue weighted by Gasteiger charge is 2.38. The highest BCUT2D eigenvalue weighted by molar-refractivity contribution is 5.97. The van der Waals surface area contributed by atoms with Gasteiger partial charge in [0.15, 0.2) is 5.92 Å². The molecule has 1 aliphatic carbocycles. The molecule has 2 aromatic rings. The minimum Gasteiger partial charge on any atom is -0.497 e. The van der Waals surface area contributed by atoms with Crippen LogP contribution in [0.3, 0.4) is 0 Å². The third-order valence-corrected chi connectivity index (χ3v) is 5.61. The lowest BCUT2D eigenvalue weighted by atomic mass is 9.88. The van der Waals surface area contributed by atoms with Gasteiger partial charge in [-0.05, 0) is 36.1 Å². The van der Waals surface area contributed by atoms with E-state index in [1.54, 1.807) is 14.2 Å². The van der Waals surface area contributed by atoms with Gasteiger partial charge in [-0.3, -0.25) is 9.59 Å². The average molecular weight is 410 g/mol. The fourth-order valence-electron chi connectivity index (χ4n) is 4.12. The van der Waals surface area contributed by atoms with Crippen molar-refractivity contribution in [3.05, 3.63) is 64.7 Å². The van der Waals surface area contributed by atoms with E-state index in [1.807, 2.05) is 37.3 Å². The average Bonchev–Trinajstić information content (AvgIpc) is 3.07. The number of hydrogen-bond acceptors (Lipinski definition) is 6. The zero-order chi connectivity index (χ0) is 21.8. The molecule has 0 bridgehead atoms. The van der Waals surface area contributed by atoms with E-state index in [2.05, 4.69) is 12.1 Å². The van der Waals surface area contributed by atoms with E-state index in [4.69, 9.17) is 18.9 Å². The first-order chi connectivity index (χ1) is 14.5. The number of hydrogen-bond donors (Lipinski definition) is 0. The molecule has 0 radical (unpaired) electrons. The topological polar surface area (TPSA) is 71.1 Å². The van der Waals surface area contributed by atoms with E-state index in [9.17, 15) is 9.59 Å². The van der Waals surface area contributed by atoms with Crippen LogP contribution >= 0.6 is 0 Å². The van der Waals surface area contributed by atoms with E-state index in [1.165, 1.54) is 14.2 Å². The number of carbonyl (C=O) groups excluding carboxylic acids is 2. The molecule has 6 heteroatoms. The van der Waals surface area contributed by atoms with Crippen LogP contribution < -0.4 is 9.47 Å². The summed E-state index contributed by atoms with van der Waals surface area (Å²) in [6.45, 7) is 2.02. The fraction of sp³-hybridized carbons (Fsp3) is 0.333. The molecule has 3 rings (SSSR count). The van der Waals surface area contributed by atoms with E-state index < -0.39 is 17.9 Å². The lowest BCUT2D eigenvalue weighted by Gasteiger charge is -2.18. The van der Waals surface area contributed by atoms with Gasteiger partial charge in [0.2, 0.25) is 0 Å². The molecule has 0 amide bonds. The van der Waals surface area contributed by atoms with Crippen LogP contribution in [0, 0.1) is 5.92 Å². The summed E-state index contributed by atoms with van der Waals surface area (Å²) in [5, 5.41) is 0. The molecule has 0 aromatic heterocycles. The van der Waals surface area contributed by atoms with E-state index >= 15 is 0 Å². The smallest absolute Gasteiger partial charge is 0.320 e. The summed E-state index contributed by atoms with van der Waals surface area (Å²) >= 11 is 0. The van der Waals surface area contributed by atoms with Crippen molar-refractivity contribution < 1.29 is 28.5 Å². The third-order valence-electron chi connectivity index (χ3n) is 5.61. The second-order valence-corrected chi connectivity index (χ2v) is 7.10. The maximum atomic E-state index is 12.3. The molecule has 0 N–H and O–H groups in total. The molecule has 0 saturated carbocycles. The van der Waals surface area contributed by atoms with Gasteiger partial charge in [-0.1, -0.05) is 35.9 Å². The Hall–Kier alpha value is -3.28. The predicted molar refractivity (Wildman–Crippen MR) is 113 cm³/mol. The van der Waals surface area contributed by atoms with Crippen LogP contribution in [0.1, 0.15) is 36.0 Å². The van der Waals surface area contributed by atoms with Gasteiger partial charge >= 0.3 is 11.9 Å². The molecule has 0 heterocycles. The molecule has 6 nitrogen and oxygen atoms in total. The van der Waals surface area contributed by atoms with Crippen molar-refractivity contribution in [1.29, 1.82) is 0 Å². The number of methoxy groups -OCH3 is 4. The molecule has 0 aliphatic heterocycles. The number of carbonyl (C=O) groups is 2. The van der Waals surface area contributed by atoms with Crippen LogP contribution in [-0.2, 0) is 19.1 Å². The van der Waals surface area contributed by atoms with Gasteiger partial charge < -0.3 is 18.9 Å². The number of benzene rings is 2. The minimum atomic E-state index is -1.05. The van der Waals surface area contributed by atoms with Gasteiger partial charge in [-0.2, -0.15) is 0 Å². The first kappa shape index (κ1) is 21.4. The summed E-state index contributed by atoms with van der Waals surface area (Å²) in [6, 6.07) is 13.8. The van der Waals surface area contributed by atoms with Crippen molar-refractivity contribution in [2.24, 2.45) is 5.92 Å². The summed E-state index contributed by atoms with van der Waals surface area (Å²) in [6.07, 6.45) is 0.165. The standard InChI is InChI=1S/C24H26O6/c1-14-17(13-19(23(25)29-4)24(26)30-5)18-11-16(27-2)12-20(28-3)22(18)21(14)15-9-7-6-8-10-15/h6-12,19,21H,13H2,1-5H3. The van der Waals surface area contributed by atoms with Gasteiger partial charge in [0, 0.05) is 17.5 Å². The number of esters is 2. The Balaban J connectivity index is 2.20. The van der Waals surface area contributed by atoms with Crippen molar-refractivity contribution in [3.63, 3.8) is 0 Å². The van der Waals surface area contributed by atoms with Crippen molar-refractivity contribution >= 4 is 17.5 Å². The van der Waals surface area contributed by atoms with Crippen LogP contribution in [0.5, 0.6) is 11.5 Å². The quantitative estimate of drug-likeness (QED) is 0.508. The molecule has 2 aromatic carbocycles. The van der Waals surface area contributed by atoms with E-state index in [-0.39, 0.29) is 12.3 Å². The lowest BCUT2D eigenvalue weighted by molar-refractivity contribution is -0.158. The fourth-order valence-corrected chi connectivity index (χ4v) is 4.12. The zero-order valence-corrected chi connectivity index (χ0v) is 17.9. The Bertz CT molecular complexity index is 961. The highest BCUT2D eigenvalue weighted by atomic mass is 16.5.